The fourth-order valence-corrected chi connectivity index (χ4v) is 2.23. The van der Waals surface area contributed by atoms with Gasteiger partial charge >= 0.3 is 0 Å². The minimum atomic E-state index is 0.00891. The standard InChI is InChI=1S/C14H18N2O2/c17-14(7-8-15-10-5-6-10)16-12-9-18-13-4-2-1-3-11(12)13/h1-4,10,12,15H,5-9H2,(H,16,17). The van der Waals surface area contributed by atoms with Crippen LogP contribution in [0, 0.1) is 0 Å². The predicted molar refractivity (Wildman–Crippen MR) is 68.5 cm³/mol. The number of para-hydroxylation sites is 1. The lowest BCUT2D eigenvalue weighted by atomic mass is 10.1. The van der Waals surface area contributed by atoms with Crippen LogP contribution in [0.2, 0.25) is 0 Å². The van der Waals surface area contributed by atoms with Gasteiger partial charge in [-0.05, 0) is 18.9 Å². The molecule has 1 heterocycles. The molecule has 4 heteroatoms. The van der Waals surface area contributed by atoms with Gasteiger partial charge in [-0.15, -0.1) is 0 Å². The molecule has 0 aromatic heterocycles. The molecular formula is C14H18N2O2. The fourth-order valence-electron chi connectivity index (χ4n) is 2.23. The molecule has 1 aliphatic carbocycles. The Morgan fingerprint density at radius 1 is 1.33 bits per heavy atom. The van der Waals surface area contributed by atoms with Crippen LogP contribution in [0.4, 0.5) is 0 Å². The minimum absolute atomic E-state index is 0.00891. The molecule has 0 spiro atoms. The summed E-state index contributed by atoms with van der Waals surface area (Å²) in [5.74, 6) is 0.979. The molecule has 4 nitrogen and oxygen atoms in total. The van der Waals surface area contributed by atoms with E-state index in [4.69, 9.17) is 4.74 Å². The number of ether oxygens (including phenoxy) is 1. The molecule has 18 heavy (non-hydrogen) atoms. The largest absolute Gasteiger partial charge is 0.491 e. The van der Waals surface area contributed by atoms with E-state index < -0.39 is 0 Å². The van der Waals surface area contributed by atoms with Gasteiger partial charge in [-0.3, -0.25) is 4.79 Å². The Labute approximate surface area is 107 Å². The topological polar surface area (TPSA) is 50.4 Å². The molecule has 1 aromatic carbocycles. The van der Waals surface area contributed by atoms with Crippen molar-refractivity contribution in [2.75, 3.05) is 13.2 Å². The van der Waals surface area contributed by atoms with Crippen LogP contribution in [-0.2, 0) is 4.79 Å². The summed E-state index contributed by atoms with van der Waals surface area (Å²) < 4.78 is 5.53. The number of carbonyl (C=O) groups excluding carboxylic acids is 1. The average molecular weight is 246 g/mol. The monoisotopic (exact) mass is 246 g/mol. The molecule has 1 aromatic rings. The van der Waals surface area contributed by atoms with Crippen LogP contribution in [0.25, 0.3) is 0 Å². The number of hydrogen-bond donors (Lipinski definition) is 2. The van der Waals surface area contributed by atoms with Crippen molar-refractivity contribution >= 4 is 5.91 Å². The van der Waals surface area contributed by atoms with Crippen molar-refractivity contribution in [3.63, 3.8) is 0 Å². The van der Waals surface area contributed by atoms with Crippen LogP contribution < -0.4 is 15.4 Å². The van der Waals surface area contributed by atoms with Crippen molar-refractivity contribution in [1.82, 2.24) is 10.6 Å². The van der Waals surface area contributed by atoms with Crippen LogP contribution in [0.3, 0.4) is 0 Å². The number of nitrogens with one attached hydrogen (secondary N) is 2. The summed E-state index contributed by atoms with van der Waals surface area (Å²) in [6, 6.07) is 8.54. The zero-order valence-corrected chi connectivity index (χ0v) is 10.3. The maximum atomic E-state index is 11.8. The maximum absolute atomic E-state index is 11.8. The number of rotatable bonds is 5. The summed E-state index contributed by atoms with van der Waals surface area (Å²) in [6.45, 7) is 1.31. The highest BCUT2D eigenvalue weighted by Gasteiger charge is 2.25. The minimum Gasteiger partial charge on any atom is -0.491 e. The summed E-state index contributed by atoms with van der Waals surface area (Å²) in [6.07, 6.45) is 3.05. The fraction of sp³-hybridized carbons (Fsp3) is 0.500. The molecule has 1 atom stereocenters. The van der Waals surface area contributed by atoms with Crippen molar-refractivity contribution in [1.29, 1.82) is 0 Å². The van der Waals surface area contributed by atoms with Gasteiger partial charge in [-0.25, -0.2) is 0 Å². The molecule has 3 rings (SSSR count). The van der Waals surface area contributed by atoms with Crippen molar-refractivity contribution in [3.8, 4) is 5.75 Å². The molecule has 2 aliphatic rings. The zero-order chi connectivity index (χ0) is 12.4. The van der Waals surface area contributed by atoms with Crippen LogP contribution in [0.1, 0.15) is 30.9 Å². The Kier molecular flexibility index (Phi) is 3.19. The lowest BCUT2D eigenvalue weighted by Crippen LogP contribution is -2.32. The van der Waals surface area contributed by atoms with Crippen molar-refractivity contribution in [2.45, 2.75) is 31.3 Å². The van der Waals surface area contributed by atoms with E-state index in [1.807, 2.05) is 24.3 Å². The van der Waals surface area contributed by atoms with Gasteiger partial charge in [0, 0.05) is 24.6 Å². The highest BCUT2D eigenvalue weighted by atomic mass is 16.5. The van der Waals surface area contributed by atoms with Gasteiger partial charge < -0.3 is 15.4 Å². The van der Waals surface area contributed by atoms with E-state index in [1.54, 1.807) is 0 Å². The van der Waals surface area contributed by atoms with Crippen LogP contribution in [0.5, 0.6) is 5.75 Å². The van der Waals surface area contributed by atoms with Gasteiger partial charge in [-0.2, -0.15) is 0 Å². The van der Waals surface area contributed by atoms with E-state index in [1.165, 1.54) is 12.8 Å². The smallest absolute Gasteiger partial charge is 0.221 e. The van der Waals surface area contributed by atoms with Crippen molar-refractivity contribution in [2.24, 2.45) is 0 Å². The van der Waals surface area contributed by atoms with E-state index in [9.17, 15) is 4.79 Å². The second kappa shape index (κ2) is 4.98. The van der Waals surface area contributed by atoms with Crippen LogP contribution in [-0.4, -0.2) is 25.1 Å². The van der Waals surface area contributed by atoms with E-state index >= 15 is 0 Å². The predicted octanol–water partition coefficient (Wildman–Crippen LogP) is 1.38. The summed E-state index contributed by atoms with van der Waals surface area (Å²) in [4.78, 5) is 11.8. The Balaban J connectivity index is 1.49. The van der Waals surface area contributed by atoms with Gasteiger partial charge in [0.05, 0.1) is 6.04 Å². The first-order valence-corrected chi connectivity index (χ1v) is 6.57. The molecule has 0 bridgehead atoms. The molecule has 1 aliphatic heterocycles. The van der Waals surface area contributed by atoms with Gasteiger partial charge in [0.1, 0.15) is 12.4 Å². The Bertz CT molecular complexity index is 443. The van der Waals surface area contributed by atoms with E-state index in [0.717, 1.165) is 17.9 Å². The summed E-state index contributed by atoms with van der Waals surface area (Å²) in [5.41, 5.74) is 1.08. The summed E-state index contributed by atoms with van der Waals surface area (Å²) in [7, 11) is 0. The lowest BCUT2D eigenvalue weighted by Gasteiger charge is -2.11. The number of hydrogen-bond acceptors (Lipinski definition) is 3. The second-order valence-corrected chi connectivity index (χ2v) is 4.95. The van der Waals surface area contributed by atoms with Gasteiger partial charge in [0.25, 0.3) is 0 Å². The summed E-state index contributed by atoms with van der Waals surface area (Å²) in [5, 5.41) is 6.36. The molecule has 1 amide bonds. The van der Waals surface area contributed by atoms with E-state index in [-0.39, 0.29) is 11.9 Å². The average Bonchev–Trinajstić information content (AvgIpc) is 3.11. The molecule has 0 radical (unpaired) electrons. The third-order valence-electron chi connectivity index (χ3n) is 3.40. The van der Waals surface area contributed by atoms with Gasteiger partial charge in [0.2, 0.25) is 5.91 Å². The first kappa shape index (κ1) is 11.5. The third kappa shape index (κ3) is 2.64. The third-order valence-corrected chi connectivity index (χ3v) is 3.40. The number of amides is 1. The Morgan fingerprint density at radius 3 is 3.00 bits per heavy atom. The van der Waals surface area contributed by atoms with Crippen molar-refractivity contribution < 1.29 is 9.53 Å². The van der Waals surface area contributed by atoms with Gasteiger partial charge in [-0.1, -0.05) is 18.2 Å². The summed E-state index contributed by atoms with van der Waals surface area (Å²) >= 11 is 0. The molecule has 2 N–H and O–H groups in total. The number of carbonyl (C=O) groups is 1. The van der Waals surface area contributed by atoms with Crippen molar-refractivity contribution in [3.05, 3.63) is 29.8 Å². The molecule has 1 saturated carbocycles. The maximum Gasteiger partial charge on any atom is 0.221 e. The highest BCUT2D eigenvalue weighted by molar-refractivity contribution is 5.77. The highest BCUT2D eigenvalue weighted by Crippen LogP contribution is 2.31. The normalized spacial score (nSPS) is 21.2. The molecule has 1 unspecified atom stereocenters. The lowest BCUT2D eigenvalue weighted by molar-refractivity contribution is -0.121. The Morgan fingerprint density at radius 2 is 2.17 bits per heavy atom. The number of fused-ring (bicyclic) bond motifs is 1. The first-order valence-electron chi connectivity index (χ1n) is 6.57. The Hall–Kier alpha value is -1.55. The van der Waals surface area contributed by atoms with E-state index in [0.29, 0.717) is 19.1 Å². The van der Waals surface area contributed by atoms with Gasteiger partial charge in [0.15, 0.2) is 0 Å². The SMILES string of the molecule is O=C(CCNC1CC1)NC1COc2ccccc21. The van der Waals surface area contributed by atoms with Crippen LogP contribution in [0.15, 0.2) is 24.3 Å². The molecule has 0 saturated heterocycles. The first-order chi connectivity index (χ1) is 8.83. The molecule has 1 fully saturated rings. The number of benzene rings is 1. The van der Waals surface area contributed by atoms with E-state index in [2.05, 4.69) is 10.6 Å². The quantitative estimate of drug-likeness (QED) is 0.825. The molecular weight excluding hydrogens is 228 g/mol. The molecule has 96 valence electrons. The second-order valence-electron chi connectivity index (χ2n) is 4.95. The van der Waals surface area contributed by atoms with Crippen LogP contribution >= 0.6 is 0 Å². The zero-order valence-electron chi connectivity index (χ0n) is 10.3.